The quantitative estimate of drug-likeness (QED) is 0.322. The Bertz CT molecular complexity index is 1120. The Morgan fingerprint density at radius 2 is 1.82 bits per heavy atom. The average Bonchev–Trinajstić information content (AvgIpc) is 3.37. The number of halogens is 2. The van der Waals surface area contributed by atoms with Crippen molar-refractivity contribution in [1.29, 1.82) is 0 Å². The van der Waals surface area contributed by atoms with Gasteiger partial charge in [-0.1, -0.05) is 32.9 Å². The fourth-order valence-electron chi connectivity index (χ4n) is 6.99. The van der Waals surface area contributed by atoms with Crippen LogP contribution < -0.4 is 21.7 Å². The molecule has 2 bridgehead atoms. The predicted molar refractivity (Wildman–Crippen MR) is 135 cm³/mol. The maximum Gasteiger partial charge on any atom is 0.260 e. The van der Waals surface area contributed by atoms with Crippen LogP contribution in [0.4, 0.5) is 8.78 Å². The second-order valence-corrected chi connectivity index (χ2v) is 12.9. The van der Waals surface area contributed by atoms with Gasteiger partial charge in [0.25, 0.3) is 5.92 Å². The molecule has 0 radical (unpaired) electrons. The summed E-state index contributed by atoms with van der Waals surface area (Å²) in [5.41, 5.74) is 4.78. The fraction of sp³-hybridized carbons (Fsp3) is 0.741. The third-order valence-corrected chi connectivity index (χ3v) is 9.23. The van der Waals surface area contributed by atoms with Crippen LogP contribution in [-0.4, -0.2) is 71.6 Å². The molecule has 5 aliphatic rings. The monoisotopic (exact) mass is 549 g/mol. The summed E-state index contributed by atoms with van der Waals surface area (Å²) in [7, 11) is 0. The number of primary amides is 1. The number of nitrogens with one attached hydrogen (secondary N) is 3. The molecule has 2 saturated carbocycles. The van der Waals surface area contributed by atoms with Gasteiger partial charge in [-0.3, -0.25) is 24.0 Å². The number of carbonyl (C=O) groups is 5. The molecule has 12 heteroatoms. The van der Waals surface area contributed by atoms with Gasteiger partial charge in [0.05, 0.1) is 0 Å². The summed E-state index contributed by atoms with van der Waals surface area (Å²) in [6, 6.07) is -3.15. The maximum atomic E-state index is 14.0. The highest BCUT2D eigenvalue weighted by atomic mass is 19.3. The molecule has 39 heavy (non-hydrogen) atoms. The largest absolute Gasteiger partial charge is 0.368 e. The van der Waals surface area contributed by atoms with Crippen LogP contribution in [0, 0.1) is 40.9 Å². The van der Waals surface area contributed by atoms with E-state index in [1.807, 2.05) is 0 Å². The van der Waals surface area contributed by atoms with Crippen LogP contribution in [0.25, 0.3) is 0 Å². The highest BCUT2D eigenvalue weighted by Gasteiger charge is 2.63. The van der Waals surface area contributed by atoms with E-state index in [1.54, 1.807) is 20.8 Å². The predicted octanol–water partition coefficient (Wildman–Crippen LogP) is 0.318. The van der Waals surface area contributed by atoms with E-state index in [4.69, 9.17) is 5.73 Å². The highest BCUT2D eigenvalue weighted by molar-refractivity contribution is 5.96. The number of nitrogens with two attached hydrogens (primary N) is 1. The minimum Gasteiger partial charge on any atom is -0.368 e. The maximum absolute atomic E-state index is 14.0. The van der Waals surface area contributed by atoms with Crippen molar-refractivity contribution in [2.24, 2.45) is 46.7 Å². The van der Waals surface area contributed by atoms with E-state index in [9.17, 15) is 32.8 Å². The first-order valence-electron chi connectivity index (χ1n) is 13.7. The van der Waals surface area contributed by atoms with E-state index in [0.29, 0.717) is 13.0 Å². The molecule has 5 N–H and O–H groups in total. The highest BCUT2D eigenvalue weighted by Crippen LogP contribution is 2.54. The number of nitrogens with zero attached hydrogens (tertiary/aromatic N) is 1. The first-order valence-corrected chi connectivity index (χ1v) is 13.7. The molecule has 0 spiro atoms. The molecule has 214 valence electrons. The van der Waals surface area contributed by atoms with Crippen molar-refractivity contribution < 1.29 is 32.8 Å². The summed E-state index contributed by atoms with van der Waals surface area (Å²) in [5, 5.41) is 7.98. The van der Waals surface area contributed by atoms with Gasteiger partial charge >= 0.3 is 0 Å². The van der Waals surface area contributed by atoms with Gasteiger partial charge in [0, 0.05) is 25.4 Å². The van der Waals surface area contributed by atoms with Gasteiger partial charge in [-0.15, -0.1) is 0 Å². The fourth-order valence-corrected chi connectivity index (χ4v) is 6.99. The van der Waals surface area contributed by atoms with Gasteiger partial charge in [0.2, 0.25) is 29.5 Å². The van der Waals surface area contributed by atoms with E-state index in [0.717, 1.165) is 6.42 Å². The summed E-state index contributed by atoms with van der Waals surface area (Å²) in [5.74, 6) is -7.76. The molecule has 3 aliphatic carbocycles. The zero-order chi connectivity index (χ0) is 28.4. The van der Waals surface area contributed by atoms with Gasteiger partial charge in [-0.05, 0) is 48.3 Å². The number of alkyl halides is 2. The average molecular weight is 550 g/mol. The normalized spacial score (nSPS) is 35.3. The van der Waals surface area contributed by atoms with Crippen molar-refractivity contribution in [3.05, 3.63) is 12.2 Å². The first-order chi connectivity index (χ1) is 18.2. The molecule has 10 nitrogen and oxygen atoms in total. The van der Waals surface area contributed by atoms with E-state index in [2.05, 4.69) is 28.1 Å². The van der Waals surface area contributed by atoms with E-state index in [1.165, 1.54) is 4.90 Å². The number of hydrogen-bond acceptors (Lipinski definition) is 5. The molecule has 0 aromatic rings. The molecule has 0 unspecified atom stereocenters. The van der Waals surface area contributed by atoms with Crippen LogP contribution in [0.2, 0.25) is 0 Å². The topological polar surface area (TPSA) is 151 Å². The Hall–Kier alpha value is -3.05. The Morgan fingerprint density at radius 1 is 1.15 bits per heavy atom. The second-order valence-electron chi connectivity index (χ2n) is 12.9. The third-order valence-electron chi connectivity index (χ3n) is 9.23. The summed E-state index contributed by atoms with van der Waals surface area (Å²) >= 11 is 0. The Morgan fingerprint density at radius 3 is 2.38 bits per heavy atom. The molecule has 2 aliphatic heterocycles. The van der Waals surface area contributed by atoms with Crippen molar-refractivity contribution >= 4 is 29.5 Å². The summed E-state index contributed by atoms with van der Waals surface area (Å²) in [4.78, 5) is 66.3. The lowest BCUT2D eigenvalue weighted by atomic mass is 9.81. The number of rotatable bonds is 8. The van der Waals surface area contributed by atoms with E-state index < -0.39 is 71.3 Å². The van der Waals surface area contributed by atoms with Gasteiger partial charge in [-0.2, -0.15) is 0 Å². The summed E-state index contributed by atoms with van der Waals surface area (Å²) < 4.78 is 27.2. The van der Waals surface area contributed by atoms with Crippen LogP contribution in [-0.2, 0) is 24.0 Å². The summed E-state index contributed by atoms with van der Waals surface area (Å²) in [6.45, 7) is 5.96. The van der Waals surface area contributed by atoms with Crippen molar-refractivity contribution in [2.45, 2.75) is 70.5 Å². The molecular weight excluding hydrogens is 512 g/mol. The Kier molecular flexibility index (Phi) is 6.74. The van der Waals surface area contributed by atoms with Crippen molar-refractivity contribution in [3.63, 3.8) is 0 Å². The van der Waals surface area contributed by atoms with Crippen LogP contribution in [0.5, 0.6) is 0 Å². The minimum atomic E-state index is -3.08. The molecule has 5 rings (SSSR count). The summed E-state index contributed by atoms with van der Waals surface area (Å²) in [6.07, 6.45) is 5.08. The van der Waals surface area contributed by atoms with Crippen molar-refractivity contribution in [1.82, 2.24) is 20.9 Å². The Labute approximate surface area is 225 Å². The zero-order valence-electron chi connectivity index (χ0n) is 22.4. The van der Waals surface area contributed by atoms with Crippen LogP contribution in [0.1, 0.15) is 46.5 Å². The molecule has 9 atom stereocenters. The van der Waals surface area contributed by atoms with Crippen LogP contribution in [0.3, 0.4) is 0 Å². The third kappa shape index (κ3) is 5.02. The number of fused-ring (bicyclic) bond motifs is 5. The van der Waals surface area contributed by atoms with E-state index >= 15 is 0 Å². The van der Waals surface area contributed by atoms with Crippen LogP contribution >= 0.6 is 0 Å². The molecule has 0 aromatic heterocycles. The number of likely N-dealkylation sites (tertiary alicyclic amines) is 1. The smallest absolute Gasteiger partial charge is 0.260 e. The molecule has 2 saturated heterocycles. The minimum absolute atomic E-state index is 0.0245. The van der Waals surface area contributed by atoms with Crippen molar-refractivity contribution in [2.75, 3.05) is 13.1 Å². The molecule has 0 aromatic carbocycles. The second kappa shape index (κ2) is 9.55. The lowest BCUT2D eigenvalue weighted by Crippen LogP contribution is -2.60. The van der Waals surface area contributed by atoms with Gasteiger partial charge < -0.3 is 26.6 Å². The lowest BCUT2D eigenvalue weighted by Gasteiger charge is -2.37. The Balaban J connectivity index is 1.38. The SMILES string of the molecule is CC(C)(C)[C@H](NC(=O)[C@H]1CC1(F)F)C(=O)N1C[C@H]2[C@@H]([C@H]1C(=O)N[C@@H](C[C@@H]1CCNC1=O)C(N)=O)[C@H]1C=C[C@@H]2C1. The molecule has 2 heterocycles. The molecule has 4 fully saturated rings. The number of hydrogen-bond donors (Lipinski definition) is 4. The first kappa shape index (κ1) is 27.5. The zero-order valence-corrected chi connectivity index (χ0v) is 22.4. The number of allylic oxidation sites excluding steroid dienone is 2. The van der Waals surface area contributed by atoms with E-state index in [-0.39, 0.29) is 42.5 Å². The molecule has 5 amide bonds. The van der Waals surface area contributed by atoms with Gasteiger partial charge in [-0.25, -0.2) is 8.78 Å². The van der Waals surface area contributed by atoms with Gasteiger partial charge in [0.1, 0.15) is 24.0 Å². The van der Waals surface area contributed by atoms with Gasteiger partial charge in [0.15, 0.2) is 0 Å². The standard InChI is InChI=1S/C27H37F2N5O5/c1-26(2,3)20(33-23(37)16-10-27(16,28)29)25(39)34-11-15-12-4-5-13(8-12)18(15)19(34)24(38)32-17(21(30)35)9-14-6-7-31-22(14)36/h4-5,12-20H,6-11H2,1-3H3,(H2,30,35)(H,31,36)(H,32,38)(H,33,37)/t12-,13+,14+,15-,16-,17+,18+,19+,20-/m1/s1. The van der Waals surface area contributed by atoms with Crippen molar-refractivity contribution in [3.8, 4) is 0 Å². The van der Waals surface area contributed by atoms with Crippen LogP contribution in [0.15, 0.2) is 12.2 Å². The number of amides is 5. The lowest BCUT2D eigenvalue weighted by molar-refractivity contribution is -0.145. The molecular formula is C27H37F2N5O5. The number of carbonyl (C=O) groups excluding carboxylic acids is 5.